The molecule has 1 aliphatic heterocycles. The zero-order valence-corrected chi connectivity index (χ0v) is 50.5. The summed E-state index contributed by atoms with van der Waals surface area (Å²) in [5.74, 6) is -0.866. The number of ether oxygens (including phenoxy) is 2. The number of carbonyl (C=O) groups excluding carboxylic acids is 2. The smallest absolute Gasteiger partial charge is 0.323 e. The summed E-state index contributed by atoms with van der Waals surface area (Å²) in [7, 11) is 2.78. The number of nitrogens with one attached hydrogen (secondary N) is 2. The van der Waals surface area contributed by atoms with Crippen LogP contribution in [-0.4, -0.2) is 78.4 Å². The van der Waals surface area contributed by atoms with E-state index in [4.69, 9.17) is 9.47 Å². The second-order valence-electron chi connectivity index (χ2n) is 26.9. The van der Waals surface area contributed by atoms with Gasteiger partial charge in [-0.15, -0.1) is 0 Å². The number of rotatable bonds is 8. The van der Waals surface area contributed by atoms with Crippen molar-refractivity contribution < 1.29 is 39.5 Å². The maximum absolute atomic E-state index is 14.6. The topological polar surface area (TPSA) is 172 Å². The van der Waals surface area contributed by atoms with E-state index in [1.54, 1.807) is 0 Å². The Labute approximate surface area is 484 Å². The molecule has 8 aromatic rings. The first-order valence-electron chi connectivity index (χ1n) is 28.7. The highest BCUT2D eigenvalue weighted by atomic mass is 16.5. The number of H-pyrrole nitrogens is 2. The molecule has 0 saturated carbocycles. The molecule has 0 amide bonds. The van der Waals surface area contributed by atoms with Crippen LogP contribution in [0.25, 0.3) is 21.8 Å². The largest absolute Gasteiger partial charge is 0.507 e. The number of phenolic OH excluding ortho intramolecular Hbond substituents is 4. The van der Waals surface area contributed by atoms with Crippen molar-refractivity contribution in [2.24, 2.45) is 0 Å². The van der Waals surface area contributed by atoms with E-state index in [1.807, 2.05) is 119 Å². The van der Waals surface area contributed by atoms with Crippen molar-refractivity contribution in [1.29, 1.82) is 0 Å². The molecule has 82 heavy (non-hydrogen) atoms. The lowest BCUT2D eigenvalue weighted by Gasteiger charge is -2.33. The summed E-state index contributed by atoms with van der Waals surface area (Å²) in [6.45, 7) is 25.7. The highest BCUT2D eigenvalue weighted by Gasteiger charge is 2.35. The summed E-state index contributed by atoms with van der Waals surface area (Å²) < 4.78 is 11.4. The summed E-state index contributed by atoms with van der Waals surface area (Å²) in [6.07, 6.45) is 4.61. The number of carbonyl (C=O) groups is 2. The summed E-state index contributed by atoms with van der Waals surface area (Å²) in [5, 5.41) is 53.5. The van der Waals surface area contributed by atoms with E-state index >= 15 is 0 Å². The fourth-order valence-corrected chi connectivity index (χ4v) is 11.6. The Balaban J connectivity index is 1.33. The molecule has 2 atom stereocenters. The number of aromatic nitrogens is 2. The molecule has 432 valence electrons. The van der Waals surface area contributed by atoms with Gasteiger partial charge in [-0.2, -0.15) is 0 Å². The van der Waals surface area contributed by atoms with Gasteiger partial charge >= 0.3 is 11.9 Å². The standard InChI is InChI=1S/C70H84N4O8/c1-67(2,3)51-25-41-23-42-26-52(68(4,5)6)31-49(62(42)76)39-74(60(66(80)82-14)34-46-36-72-58-22-18-16-20-56(46)58)40-50-32-54(70(10,11)12)28-44(64(50)78)24-43-27-53(69(7,8)9)30-48(63(43)77)38-73(37-47(29-51)61(41)75)59(65(79)81-13)33-45-35-71-57-21-17-15-19-55(45)57/h15-22,25-32,35-36,59-60,71-72,75-78H,23-24,33-34,37-40H2,1-14H3/t59-,60-/m1/s1. The van der Waals surface area contributed by atoms with Crippen molar-refractivity contribution in [2.45, 2.75) is 169 Å². The van der Waals surface area contributed by atoms with Gasteiger partial charge in [0.1, 0.15) is 35.1 Å². The third-order valence-electron chi connectivity index (χ3n) is 16.8. The van der Waals surface area contributed by atoms with Gasteiger partial charge in [0, 0.05) is 108 Å². The van der Waals surface area contributed by atoms with Crippen LogP contribution in [-0.2, 0) is 92.6 Å². The molecular formula is C70H84N4O8. The average Bonchev–Trinajstić information content (AvgIpc) is 4.14. The lowest BCUT2D eigenvalue weighted by atomic mass is 9.81. The van der Waals surface area contributed by atoms with Crippen LogP contribution in [0.3, 0.4) is 0 Å². The monoisotopic (exact) mass is 1110 g/mol. The molecule has 12 heteroatoms. The molecule has 0 aliphatic carbocycles. The second kappa shape index (κ2) is 22.7. The zero-order chi connectivity index (χ0) is 59.4. The minimum atomic E-state index is -0.901. The summed E-state index contributed by atoms with van der Waals surface area (Å²) >= 11 is 0. The minimum absolute atomic E-state index is 0.0216. The third-order valence-corrected chi connectivity index (χ3v) is 16.8. The number of hydrogen-bond acceptors (Lipinski definition) is 10. The Morgan fingerprint density at radius 2 is 0.695 bits per heavy atom. The number of fused-ring (bicyclic) bond motifs is 10. The van der Waals surface area contributed by atoms with E-state index in [2.05, 4.69) is 93.1 Å². The number of benzene rings is 6. The van der Waals surface area contributed by atoms with Crippen molar-refractivity contribution in [3.8, 4) is 23.0 Å². The van der Waals surface area contributed by atoms with E-state index in [9.17, 15) is 30.0 Å². The number of esters is 2. The zero-order valence-electron chi connectivity index (χ0n) is 50.5. The summed E-state index contributed by atoms with van der Waals surface area (Å²) in [6, 6.07) is 30.2. The SMILES string of the molecule is COC(=O)[C@@H](Cc1c[nH]c2ccccc12)N1Cc2cc(C(C)(C)C)cc(c2O)Cc2cc(C(C)(C)C)cc(c2O)CN([C@H](Cc2c[nH]c3ccccc23)C(=O)OC)Cc2cc(C(C)(C)C)cc(c2O)Cc2cc(C(C)(C)C)cc(c2O)C1. The number of methoxy groups -OCH3 is 2. The van der Waals surface area contributed by atoms with Gasteiger partial charge < -0.3 is 39.9 Å². The fourth-order valence-electron chi connectivity index (χ4n) is 11.6. The van der Waals surface area contributed by atoms with E-state index in [0.717, 1.165) is 55.2 Å². The van der Waals surface area contributed by atoms with E-state index in [1.165, 1.54) is 14.2 Å². The number of aromatic amines is 2. The van der Waals surface area contributed by atoms with Gasteiger partial charge in [-0.1, -0.05) is 168 Å². The van der Waals surface area contributed by atoms with Crippen molar-refractivity contribution in [2.75, 3.05) is 14.2 Å². The van der Waals surface area contributed by atoms with Crippen LogP contribution in [0.5, 0.6) is 23.0 Å². The normalized spacial score (nSPS) is 15.1. The lowest BCUT2D eigenvalue weighted by molar-refractivity contribution is -0.148. The van der Waals surface area contributed by atoms with E-state index < -0.39 is 45.7 Å². The molecule has 1 aliphatic rings. The van der Waals surface area contributed by atoms with Crippen molar-refractivity contribution in [3.63, 3.8) is 0 Å². The molecule has 9 rings (SSSR count). The maximum atomic E-state index is 14.6. The third kappa shape index (κ3) is 12.4. The van der Waals surface area contributed by atoms with Gasteiger partial charge in [-0.3, -0.25) is 19.4 Å². The predicted octanol–water partition coefficient (Wildman–Crippen LogP) is 13.7. The maximum Gasteiger partial charge on any atom is 0.323 e. The van der Waals surface area contributed by atoms with Crippen molar-refractivity contribution in [1.82, 2.24) is 19.8 Å². The average molecular weight is 1110 g/mol. The van der Waals surface area contributed by atoms with Crippen molar-refractivity contribution >= 4 is 33.7 Å². The Bertz CT molecular complexity index is 3300. The van der Waals surface area contributed by atoms with Gasteiger partial charge in [-0.05, 0) is 89.4 Å². The van der Waals surface area contributed by atoms with E-state index in [-0.39, 0.29) is 74.9 Å². The number of aromatic hydroxyl groups is 4. The molecule has 2 aromatic heterocycles. The number of phenols is 4. The lowest BCUT2D eigenvalue weighted by Crippen LogP contribution is -2.43. The molecule has 3 heterocycles. The minimum Gasteiger partial charge on any atom is -0.507 e. The molecule has 8 bridgehead atoms. The van der Waals surface area contributed by atoms with Crippen LogP contribution in [0.2, 0.25) is 0 Å². The van der Waals surface area contributed by atoms with Crippen molar-refractivity contribution in [3.05, 3.63) is 187 Å². The Morgan fingerprint density at radius 3 is 0.951 bits per heavy atom. The van der Waals surface area contributed by atoms with Crippen LogP contribution in [0.15, 0.2) is 109 Å². The quantitative estimate of drug-likeness (QED) is 0.0805. The van der Waals surface area contributed by atoms with Gasteiger partial charge in [0.2, 0.25) is 0 Å². The highest BCUT2D eigenvalue weighted by molar-refractivity contribution is 5.86. The first-order chi connectivity index (χ1) is 38.5. The number of hydrogen-bond donors (Lipinski definition) is 6. The fraction of sp³-hybridized carbons (Fsp3) is 0.400. The van der Waals surface area contributed by atoms with Crippen LogP contribution < -0.4 is 0 Å². The molecule has 0 radical (unpaired) electrons. The summed E-state index contributed by atoms with van der Waals surface area (Å²) in [4.78, 5) is 40.0. The van der Waals surface area contributed by atoms with Gasteiger partial charge in [0.25, 0.3) is 0 Å². The van der Waals surface area contributed by atoms with E-state index in [0.29, 0.717) is 44.5 Å². The number of nitrogens with zero attached hydrogens (tertiary/aromatic N) is 2. The predicted molar refractivity (Wildman–Crippen MR) is 327 cm³/mol. The van der Waals surface area contributed by atoms with Crippen LogP contribution in [0.1, 0.15) is 161 Å². The molecule has 0 unspecified atom stereocenters. The van der Waals surface area contributed by atoms with Gasteiger partial charge in [-0.25, -0.2) is 0 Å². The Hall–Kier alpha value is -7.54. The Kier molecular flexibility index (Phi) is 16.3. The molecular weight excluding hydrogens is 1020 g/mol. The van der Waals surface area contributed by atoms with Crippen LogP contribution >= 0.6 is 0 Å². The second-order valence-corrected chi connectivity index (χ2v) is 26.9. The first-order valence-corrected chi connectivity index (χ1v) is 28.7. The van der Waals surface area contributed by atoms with Crippen LogP contribution in [0, 0.1) is 0 Å². The summed E-state index contributed by atoms with van der Waals surface area (Å²) in [5.41, 5.74) is 10.4. The highest BCUT2D eigenvalue weighted by Crippen LogP contribution is 2.43. The molecule has 0 spiro atoms. The first kappa shape index (κ1) is 59.1. The molecule has 0 saturated heterocycles. The van der Waals surface area contributed by atoms with Crippen LogP contribution in [0.4, 0.5) is 0 Å². The molecule has 12 nitrogen and oxygen atoms in total. The van der Waals surface area contributed by atoms with Gasteiger partial charge in [0.05, 0.1) is 14.2 Å². The van der Waals surface area contributed by atoms with Gasteiger partial charge in [0.15, 0.2) is 0 Å². The molecule has 0 fully saturated rings. The number of para-hydroxylation sites is 2. The molecule has 6 aromatic carbocycles. The molecule has 6 N–H and O–H groups in total. The Morgan fingerprint density at radius 1 is 0.439 bits per heavy atom.